The molecule has 0 aromatic carbocycles. The summed E-state index contributed by atoms with van der Waals surface area (Å²) in [6.07, 6.45) is 5.72. The Balaban J connectivity index is 2.02. The van der Waals surface area contributed by atoms with Gasteiger partial charge >= 0.3 is 0 Å². The first-order chi connectivity index (χ1) is 8.16. The molecule has 18 heavy (non-hydrogen) atoms. The molecule has 2 saturated heterocycles. The van der Waals surface area contributed by atoms with Gasteiger partial charge in [0.05, 0.1) is 6.26 Å². The molecule has 2 unspecified atom stereocenters. The molecule has 2 heterocycles. The molecule has 0 aromatic rings. The Morgan fingerprint density at radius 1 is 1.28 bits per heavy atom. The number of nitrogens with two attached hydrogens (primary N) is 1. The van der Waals surface area contributed by atoms with E-state index in [1.807, 2.05) is 13.8 Å². The predicted octanol–water partition coefficient (Wildman–Crippen LogP) is 0.268. The second-order valence-electron chi connectivity index (χ2n) is 6.55. The Labute approximate surface area is 110 Å². The first kappa shape index (κ1) is 14.2. The normalized spacial score (nSPS) is 33.9. The van der Waals surface area contributed by atoms with Gasteiger partial charge in [0.1, 0.15) is 0 Å². The van der Waals surface area contributed by atoms with Gasteiger partial charge < -0.3 is 5.73 Å². The van der Waals surface area contributed by atoms with Crippen molar-refractivity contribution in [3.05, 3.63) is 0 Å². The quantitative estimate of drug-likeness (QED) is 0.772. The smallest absolute Gasteiger partial charge is 0.209 e. The average Bonchev–Trinajstić information content (AvgIpc) is 2.41. The molecule has 2 fully saturated rings. The Kier molecular flexibility index (Phi) is 3.75. The van der Waals surface area contributed by atoms with Gasteiger partial charge in [0, 0.05) is 30.2 Å². The maximum Gasteiger partial charge on any atom is 0.209 e. The van der Waals surface area contributed by atoms with Crippen LogP contribution < -0.4 is 10.5 Å². The minimum absolute atomic E-state index is 0.324. The molecule has 2 rings (SSSR count). The number of fused-ring (bicyclic) bond motifs is 2. The van der Waals surface area contributed by atoms with E-state index in [-0.39, 0.29) is 0 Å². The van der Waals surface area contributed by atoms with Gasteiger partial charge in [-0.3, -0.25) is 4.90 Å². The number of piperidine rings is 1. The van der Waals surface area contributed by atoms with E-state index < -0.39 is 15.6 Å². The number of nitrogens with zero attached hydrogens (tertiary/aromatic N) is 1. The molecule has 5 nitrogen and oxygen atoms in total. The van der Waals surface area contributed by atoms with Crippen LogP contribution in [-0.2, 0) is 10.0 Å². The number of hydrogen-bond donors (Lipinski definition) is 2. The van der Waals surface area contributed by atoms with E-state index in [4.69, 9.17) is 5.73 Å². The number of nitrogens with one attached hydrogen (secondary N) is 1. The second kappa shape index (κ2) is 4.74. The van der Waals surface area contributed by atoms with Gasteiger partial charge in [0.25, 0.3) is 0 Å². The van der Waals surface area contributed by atoms with Crippen molar-refractivity contribution in [1.82, 2.24) is 9.62 Å². The Morgan fingerprint density at radius 2 is 1.78 bits per heavy atom. The summed E-state index contributed by atoms with van der Waals surface area (Å²) in [5.41, 5.74) is 5.62. The SMILES string of the molecule is CC(C)(CN1C2CCC1CC(N)C2)NS(C)(=O)=O. The van der Waals surface area contributed by atoms with Crippen LogP contribution in [-0.4, -0.2) is 49.8 Å². The summed E-state index contributed by atoms with van der Waals surface area (Å²) in [6, 6.07) is 1.41. The van der Waals surface area contributed by atoms with Crippen LogP contribution in [0.15, 0.2) is 0 Å². The van der Waals surface area contributed by atoms with Crippen LogP contribution in [0.2, 0.25) is 0 Å². The van der Waals surface area contributed by atoms with Crippen LogP contribution in [0, 0.1) is 0 Å². The van der Waals surface area contributed by atoms with Crippen molar-refractivity contribution >= 4 is 10.0 Å². The van der Waals surface area contributed by atoms with Crippen molar-refractivity contribution in [3.63, 3.8) is 0 Å². The van der Waals surface area contributed by atoms with Crippen molar-refractivity contribution < 1.29 is 8.42 Å². The van der Waals surface area contributed by atoms with E-state index in [0.29, 0.717) is 18.1 Å². The topological polar surface area (TPSA) is 75.4 Å². The predicted molar refractivity (Wildman–Crippen MR) is 72.8 cm³/mol. The van der Waals surface area contributed by atoms with Crippen LogP contribution >= 0.6 is 0 Å². The van der Waals surface area contributed by atoms with E-state index in [0.717, 1.165) is 19.4 Å². The van der Waals surface area contributed by atoms with Crippen LogP contribution in [0.3, 0.4) is 0 Å². The van der Waals surface area contributed by atoms with Crippen LogP contribution in [0.4, 0.5) is 0 Å². The fourth-order valence-electron chi connectivity index (χ4n) is 3.57. The van der Waals surface area contributed by atoms with Crippen molar-refractivity contribution in [2.75, 3.05) is 12.8 Å². The lowest BCUT2D eigenvalue weighted by Gasteiger charge is -2.42. The highest BCUT2D eigenvalue weighted by atomic mass is 32.2. The lowest BCUT2D eigenvalue weighted by molar-refractivity contribution is 0.101. The van der Waals surface area contributed by atoms with Gasteiger partial charge in [-0.1, -0.05) is 0 Å². The maximum atomic E-state index is 11.4. The molecule has 2 aliphatic heterocycles. The summed E-state index contributed by atoms with van der Waals surface area (Å²) < 4.78 is 25.5. The van der Waals surface area contributed by atoms with Crippen molar-refractivity contribution in [1.29, 1.82) is 0 Å². The summed E-state index contributed by atoms with van der Waals surface area (Å²) in [4.78, 5) is 2.46. The van der Waals surface area contributed by atoms with Gasteiger partial charge in [-0.15, -0.1) is 0 Å². The first-order valence-electron chi connectivity index (χ1n) is 6.66. The largest absolute Gasteiger partial charge is 0.328 e. The minimum atomic E-state index is -3.16. The number of hydrogen-bond acceptors (Lipinski definition) is 4. The van der Waals surface area contributed by atoms with Crippen LogP contribution in [0.1, 0.15) is 39.5 Å². The highest BCUT2D eigenvalue weighted by molar-refractivity contribution is 7.88. The molecule has 6 heteroatoms. The summed E-state index contributed by atoms with van der Waals surface area (Å²) in [5.74, 6) is 0. The molecular weight excluding hydrogens is 250 g/mol. The maximum absolute atomic E-state index is 11.4. The number of rotatable bonds is 4. The van der Waals surface area contributed by atoms with Gasteiger partial charge in [-0.25, -0.2) is 13.1 Å². The molecule has 0 aliphatic carbocycles. The molecule has 2 aliphatic rings. The molecule has 2 atom stereocenters. The molecular formula is C12H25N3O2S. The Bertz CT molecular complexity index is 394. The van der Waals surface area contributed by atoms with E-state index in [2.05, 4.69) is 9.62 Å². The molecule has 0 amide bonds. The second-order valence-corrected chi connectivity index (χ2v) is 8.30. The summed E-state index contributed by atoms with van der Waals surface area (Å²) >= 11 is 0. The third-order valence-corrected chi connectivity index (χ3v) is 4.88. The molecule has 0 aromatic heterocycles. The number of sulfonamides is 1. The lowest BCUT2D eigenvalue weighted by atomic mass is 9.95. The van der Waals surface area contributed by atoms with E-state index >= 15 is 0 Å². The molecule has 0 radical (unpaired) electrons. The van der Waals surface area contributed by atoms with E-state index in [9.17, 15) is 8.42 Å². The monoisotopic (exact) mass is 275 g/mol. The molecule has 0 spiro atoms. The fourth-order valence-corrected chi connectivity index (χ4v) is 4.63. The van der Waals surface area contributed by atoms with Gasteiger partial charge in [-0.05, 0) is 39.5 Å². The van der Waals surface area contributed by atoms with Crippen molar-refractivity contribution in [3.8, 4) is 0 Å². The first-order valence-corrected chi connectivity index (χ1v) is 8.56. The Morgan fingerprint density at radius 3 is 2.22 bits per heavy atom. The Hall–Kier alpha value is -0.170. The fraction of sp³-hybridized carbons (Fsp3) is 1.00. The average molecular weight is 275 g/mol. The van der Waals surface area contributed by atoms with Crippen molar-refractivity contribution in [2.24, 2.45) is 5.73 Å². The summed E-state index contributed by atoms with van der Waals surface area (Å²) in [5, 5.41) is 0. The van der Waals surface area contributed by atoms with E-state index in [1.165, 1.54) is 19.1 Å². The van der Waals surface area contributed by atoms with Gasteiger partial charge in [0.2, 0.25) is 10.0 Å². The molecule has 0 saturated carbocycles. The van der Waals surface area contributed by atoms with E-state index in [1.54, 1.807) is 0 Å². The highest BCUT2D eigenvalue weighted by Crippen LogP contribution is 2.35. The zero-order valence-corrected chi connectivity index (χ0v) is 12.3. The van der Waals surface area contributed by atoms with Crippen molar-refractivity contribution in [2.45, 2.75) is 63.2 Å². The summed E-state index contributed by atoms with van der Waals surface area (Å²) in [7, 11) is -3.16. The third kappa shape index (κ3) is 3.44. The minimum Gasteiger partial charge on any atom is -0.328 e. The van der Waals surface area contributed by atoms with Gasteiger partial charge in [-0.2, -0.15) is 0 Å². The summed E-state index contributed by atoms with van der Waals surface area (Å²) in [6.45, 7) is 4.66. The van der Waals surface area contributed by atoms with Crippen LogP contribution in [0.25, 0.3) is 0 Å². The zero-order valence-electron chi connectivity index (χ0n) is 11.5. The van der Waals surface area contributed by atoms with Crippen LogP contribution in [0.5, 0.6) is 0 Å². The molecule has 106 valence electrons. The molecule has 3 N–H and O–H groups in total. The zero-order chi connectivity index (χ0) is 13.6. The van der Waals surface area contributed by atoms with Gasteiger partial charge in [0.15, 0.2) is 0 Å². The highest BCUT2D eigenvalue weighted by Gasteiger charge is 2.41. The third-order valence-electron chi connectivity index (χ3n) is 3.96. The molecule has 2 bridgehead atoms. The lowest BCUT2D eigenvalue weighted by Crippen LogP contribution is -2.56. The standard InChI is InChI=1S/C12H25N3O2S/c1-12(2,14-18(3,16)17)8-15-10-4-5-11(15)7-9(13)6-10/h9-11,14H,4-8,13H2,1-3H3.